The summed E-state index contributed by atoms with van der Waals surface area (Å²) in [5.41, 5.74) is 0.541. The van der Waals surface area contributed by atoms with Gasteiger partial charge >= 0.3 is 5.97 Å². The van der Waals surface area contributed by atoms with Crippen LogP contribution in [0.4, 0.5) is 0 Å². The molecule has 5 heteroatoms. The van der Waals surface area contributed by atoms with E-state index < -0.39 is 17.5 Å². The number of halogens is 1. The molecular formula is C12H15ClO4. The molecule has 0 aromatic heterocycles. The summed E-state index contributed by atoms with van der Waals surface area (Å²) < 4.78 is 9.72. The van der Waals surface area contributed by atoms with Gasteiger partial charge in [0, 0.05) is 0 Å². The van der Waals surface area contributed by atoms with Gasteiger partial charge in [-0.1, -0.05) is 12.1 Å². The van der Waals surface area contributed by atoms with Gasteiger partial charge in [0.05, 0.1) is 13.7 Å². The zero-order valence-corrected chi connectivity index (χ0v) is 10.5. The molecular weight excluding hydrogens is 244 g/mol. The van der Waals surface area contributed by atoms with Gasteiger partial charge in [-0.15, -0.1) is 11.6 Å². The standard InChI is InChI=1S/C12H15ClO4/c1-3-17-12(15)10(13)11(14)8-4-6-9(16-2)7-5-8/h4-7,10-11,14H,3H2,1-2H3/t10?,11-/m1/s1. The summed E-state index contributed by atoms with van der Waals surface area (Å²) in [6.07, 6.45) is -1.10. The normalized spacial score (nSPS) is 13.9. The molecule has 1 rings (SSSR count). The quantitative estimate of drug-likeness (QED) is 0.647. The average Bonchev–Trinajstić information content (AvgIpc) is 2.37. The smallest absolute Gasteiger partial charge is 0.327 e. The first-order valence-electron chi connectivity index (χ1n) is 5.22. The van der Waals surface area contributed by atoms with Crippen LogP contribution in [-0.4, -0.2) is 30.2 Å². The molecule has 1 N–H and O–H groups in total. The molecule has 0 aliphatic heterocycles. The number of carbonyl (C=O) groups excluding carboxylic acids is 1. The first kappa shape index (κ1) is 13.8. The molecule has 0 aliphatic carbocycles. The van der Waals surface area contributed by atoms with Gasteiger partial charge in [-0.25, -0.2) is 0 Å². The van der Waals surface area contributed by atoms with E-state index in [2.05, 4.69) is 0 Å². The largest absolute Gasteiger partial charge is 0.497 e. The molecule has 1 aromatic carbocycles. The highest BCUT2D eigenvalue weighted by Crippen LogP contribution is 2.24. The molecule has 0 amide bonds. The fourth-order valence-corrected chi connectivity index (χ4v) is 1.53. The summed E-state index contributed by atoms with van der Waals surface area (Å²) in [5, 5.41) is 8.77. The predicted molar refractivity (Wildman–Crippen MR) is 64.2 cm³/mol. The topological polar surface area (TPSA) is 55.8 Å². The second-order valence-electron chi connectivity index (χ2n) is 3.37. The van der Waals surface area contributed by atoms with Crippen LogP contribution in [-0.2, 0) is 9.53 Å². The molecule has 0 bridgehead atoms. The van der Waals surface area contributed by atoms with Crippen LogP contribution in [0.3, 0.4) is 0 Å². The Balaban J connectivity index is 2.73. The van der Waals surface area contributed by atoms with E-state index in [4.69, 9.17) is 21.1 Å². The predicted octanol–water partition coefficient (Wildman–Crippen LogP) is 1.90. The number of rotatable bonds is 5. The molecule has 94 valence electrons. The highest BCUT2D eigenvalue weighted by atomic mass is 35.5. The Morgan fingerprint density at radius 2 is 2.00 bits per heavy atom. The van der Waals surface area contributed by atoms with Crippen molar-refractivity contribution in [1.82, 2.24) is 0 Å². The molecule has 1 aromatic rings. The summed E-state index contributed by atoms with van der Waals surface area (Å²) in [7, 11) is 1.55. The van der Waals surface area contributed by atoms with Crippen molar-refractivity contribution >= 4 is 17.6 Å². The number of ether oxygens (including phenoxy) is 2. The summed E-state index contributed by atoms with van der Waals surface area (Å²) >= 11 is 5.81. The molecule has 0 radical (unpaired) electrons. The van der Waals surface area contributed by atoms with Crippen LogP contribution in [0.1, 0.15) is 18.6 Å². The van der Waals surface area contributed by atoms with E-state index in [1.165, 1.54) is 0 Å². The van der Waals surface area contributed by atoms with E-state index in [1.54, 1.807) is 38.3 Å². The molecule has 0 heterocycles. The molecule has 0 fully saturated rings. The van der Waals surface area contributed by atoms with Gasteiger partial charge in [-0.2, -0.15) is 0 Å². The van der Waals surface area contributed by atoms with Gasteiger partial charge in [-0.05, 0) is 24.6 Å². The van der Waals surface area contributed by atoms with Crippen LogP contribution < -0.4 is 4.74 Å². The number of methoxy groups -OCH3 is 1. The zero-order chi connectivity index (χ0) is 12.8. The number of aliphatic hydroxyl groups excluding tert-OH is 1. The fourth-order valence-electron chi connectivity index (χ4n) is 1.32. The molecule has 1 unspecified atom stereocenters. The van der Waals surface area contributed by atoms with Crippen LogP contribution in [0.25, 0.3) is 0 Å². The van der Waals surface area contributed by atoms with Crippen LogP contribution in [0, 0.1) is 0 Å². The van der Waals surface area contributed by atoms with E-state index in [0.29, 0.717) is 11.3 Å². The van der Waals surface area contributed by atoms with Crippen molar-refractivity contribution in [2.75, 3.05) is 13.7 Å². The Labute approximate surface area is 105 Å². The lowest BCUT2D eigenvalue weighted by Gasteiger charge is -2.16. The lowest BCUT2D eigenvalue weighted by Crippen LogP contribution is -2.25. The van der Waals surface area contributed by atoms with Crippen molar-refractivity contribution in [2.45, 2.75) is 18.4 Å². The third-order valence-corrected chi connectivity index (χ3v) is 2.66. The van der Waals surface area contributed by atoms with Crippen LogP contribution >= 0.6 is 11.6 Å². The minimum Gasteiger partial charge on any atom is -0.497 e. The van der Waals surface area contributed by atoms with Gasteiger partial charge in [0.15, 0.2) is 5.38 Å². The zero-order valence-electron chi connectivity index (χ0n) is 9.72. The molecule has 4 nitrogen and oxygen atoms in total. The SMILES string of the molecule is CCOC(=O)C(Cl)[C@H](O)c1ccc(OC)cc1. The lowest BCUT2D eigenvalue weighted by atomic mass is 10.1. The average molecular weight is 259 g/mol. The first-order valence-corrected chi connectivity index (χ1v) is 5.66. The number of benzene rings is 1. The highest BCUT2D eigenvalue weighted by Gasteiger charge is 2.26. The number of hydrogen-bond donors (Lipinski definition) is 1. The van der Waals surface area contributed by atoms with E-state index in [0.717, 1.165) is 0 Å². The second kappa shape index (κ2) is 6.47. The molecule has 0 aliphatic rings. The number of hydrogen-bond acceptors (Lipinski definition) is 4. The van der Waals surface area contributed by atoms with Gasteiger partial charge < -0.3 is 14.6 Å². The van der Waals surface area contributed by atoms with Crippen molar-refractivity contribution in [3.63, 3.8) is 0 Å². The summed E-state index contributed by atoms with van der Waals surface area (Å²) in [6, 6.07) is 6.68. The van der Waals surface area contributed by atoms with Gasteiger partial charge in [0.25, 0.3) is 0 Å². The number of alkyl halides is 1. The van der Waals surface area contributed by atoms with Crippen molar-refractivity contribution < 1.29 is 19.4 Å². The van der Waals surface area contributed by atoms with E-state index in [9.17, 15) is 9.90 Å². The van der Waals surface area contributed by atoms with Gasteiger partial charge in [0.1, 0.15) is 11.9 Å². The fraction of sp³-hybridized carbons (Fsp3) is 0.417. The van der Waals surface area contributed by atoms with Crippen LogP contribution in [0.5, 0.6) is 5.75 Å². The summed E-state index contributed by atoms with van der Waals surface area (Å²) in [5.74, 6) is 0.0423. The van der Waals surface area contributed by atoms with E-state index in [-0.39, 0.29) is 6.61 Å². The Morgan fingerprint density at radius 3 is 2.47 bits per heavy atom. The number of esters is 1. The van der Waals surface area contributed by atoms with Crippen molar-refractivity contribution in [3.05, 3.63) is 29.8 Å². The molecule has 0 saturated heterocycles. The Kier molecular flexibility index (Phi) is 5.25. The Hall–Kier alpha value is -1.26. The van der Waals surface area contributed by atoms with Crippen molar-refractivity contribution in [2.24, 2.45) is 0 Å². The Bertz CT molecular complexity index is 363. The lowest BCUT2D eigenvalue weighted by molar-refractivity contribution is -0.144. The minimum absolute atomic E-state index is 0.234. The number of aliphatic hydroxyl groups is 1. The molecule has 17 heavy (non-hydrogen) atoms. The molecule has 0 spiro atoms. The third kappa shape index (κ3) is 3.61. The minimum atomic E-state index is -1.11. The van der Waals surface area contributed by atoms with Crippen LogP contribution in [0.2, 0.25) is 0 Å². The maximum Gasteiger partial charge on any atom is 0.327 e. The van der Waals surface area contributed by atoms with Crippen LogP contribution in [0.15, 0.2) is 24.3 Å². The van der Waals surface area contributed by atoms with Crippen molar-refractivity contribution in [1.29, 1.82) is 0 Å². The summed E-state index contributed by atoms with van der Waals surface area (Å²) in [4.78, 5) is 11.3. The maximum absolute atomic E-state index is 11.3. The monoisotopic (exact) mass is 258 g/mol. The molecule has 2 atom stereocenters. The van der Waals surface area contributed by atoms with Gasteiger partial charge in [-0.3, -0.25) is 4.79 Å². The maximum atomic E-state index is 11.3. The third-order valence-electron chi connectivity index (χ3n) is 2.25. The highest BCUT2D eigenvalue weighted by molar-refractivity contribution is 6.30. The van der Waals surface area contributed by atoms with Gasteiger partial charge in [0.2, 0.25) is 0 Å². The van der Waals surface area contributed by atoms with Crippen molar-refractivity contribution in [3.8, 4) is 5.75 Å². The summed E-state index contributed by atoms with van der Waals surface area (Å²) in [6.45, 7) is 1.92. The second-order valence-corrected chi connectivity index (χ2v) is 3.84. The Morgan fingerprint density at radius 1 is 1.41 bits per heavy atom. The molecule has 0 saturated carbocycles. The van der Waals surface area contributed by atoms with E-state index >= 15 is 0 Å². The first-order chi connectivity index (χ1) is 8.10. The number of carbonyl (C=O) groups is 1. The van der Waals surface area contributed by atoms with E-state index in [1.807, 2.05) is 0 Å².